The van der Waals surface area contributed by atoms with Gasteiger partial charge in [0.1, 0.15) is 18.4 Å². The van der Waals surface area contributed by atoms with Crippen molar-refractivity contribution in [3.05, 3.63) is 87.4 Å². The topological polar surface area (TPSA) is 98.2 Å². The number of ether oxygens (including phenoxy) is 3. The third kappa shape index (κ3) is 8.58. The molecule has 206 valence electrons. The fraction of sp³-hybridized carbons (Fsp3) is 0.300. The first kappa shape index (κ1) is 29.7. The van der Waals surface area contributed by atoms with Gasteiger partial charge in [-0.15, -0.1) is 0 Å². The zero-order valence-electron chi connectivity index (χ0n) is 22.8. The lowest BCUT2D eigenvalue weighted by molar-refractivity contribution is -0.123. The number of carbonyl (C=O) groups excluding carboxylic acids is 2. The average Bonchev–Trinajstić information content (AvgIpc) is 2.92. The first-order chi connectivity index (χ1) is 18.7. The van der Waals surface area contributed by atoms with Crippen molar-refractivity contribution in [3.8, 4) is 17.2 Å². The Bertz CT molecular complexity index is 1290. The van der Waals surface area contributed by atoms with Crippen LogP contribution in [0.25, 0.3) is 0 Å². The van der Waals surface area contributed by atoms with Gasteiger partial charge in [-0.3, -0.25) is 9.59 Å². The summed E-state index contributed by atoms with van der Waals surface area (Å²) in [5.74, 6) is 0.834. The van der Waals surface area contributed by atoms with Gasteiger partial charge in [0.25, 0.3) is 11.8 Å². The fourth-order valence-corrected chi connectivity index (χ4v) is 4.22. The van der Waals surface area contributed by atoms with Crippen molar-refractivity contribution >= 4 is 34.0 Å². The molecule has 0 fully saturated rings. The summed E-state index contributed by atoms with van der Waals surface area (Å²) in [5, 5.41) is 6.89. The number of benzene rings is 3. The quantitative estimate of drug-likeness (QED) is 0.208. The van der Waals surface area contributed by atoms with Crippen molar-refractivity contribution in [1.82, 2.24) is 10.7 Å². The third-order valence-electron chi connectivity index (χ3n) is 5.81. The summed E-state index contributed by atoms with van der Waals surface area (Å²) in [7, 11) is 1.56. The Labute approximate surface area is 237 Å². The Hall–Kier alpha value is -3.85. The van der Waals surface area contributed by atoms with Crippen LogP contribution in [0.1, 0.15) is 47.8 Å². The van der Waals surface area contributed by atoms with Crippen LogP contribution in [0.3, 0.4) is 0 Å². The summed E-state index contributed by atoms with van der Waals surface area (Å²) in [4.78, 5) is 25.5. The largest absolute Gasteiger partial charge is 0.497 e. The molecular formula is C30H34BrN3O5. The van der Waals surface area contributed by atoms with Crippen molar-refractivity contribution in [2.45, 2.75) is 40.3 Å². The van der Waals surface area contributed by atoms with Gasteiger partial charge >= 0.3 is 0 Å². The molecular weight excluding hydrogens is 562 g/mol. The fourth-order valence-electron chi connectivity index (χ4n) is 3.65. The molecule has 39 heavy (non-hydrogen) atoms. The molecule has 3 aromatic rings. The van der Waals surface area contributed by atoms with Gasteiger partial charge in [-0.25, -0.2) is 5.43 Å². The molecule has 0 aliphatic rings. The summed E-state index contributed by atoms with van der Waals surface area (Å²) in [6.07, 6.45) is 1.51. The molecule has 0 heterocycles. The molecule has 1 atom stereocenters. The second kappa shape index (κ2) is 14.3. The minimum Gasteiger partial charge on any atom is -0.497 e. The smallest absolute Gasteiger partial charge is 0.262 e. The van der Waals surface area contributed by atoms with Crippen LogP contribution in [0.2, 0.25) is 0 Å². The Morgan fingerprint density at radius 2 is 1.72 bits per heavy atom. The highest BCUT2D eigenvalue weighted by atomic mass is 79.9. The maximum Gasteiger partial charge on any atom is 0.262 e. The van der Waals surface area contributed by atoms with Gasteiger partial charge in [0.05, 0.1) is 24.4 Å². The summed E-state index contributed by atoms with van der Waals surface area (Å²) in [6, 6.07) is 17.6. The van der Waals surface area contributed by atoms with Crippen LogP contribution in [0.4, 0.5) is 0 Å². The predicted octanol–water partition coefficient (Wildman–Crippen LogP) is 5.65. The molecule has 0 spiro atoms. The Morgan fingerprint density at radius 3 is 2.33 bits per heavy atom. The van der Waals surface area contributed by atoms with Crippen LogP contribution >= 0.6 is 15.9 Å². The highest BCUT2D eigenvalue weighted by molar-refractivity contribution is 9.10. The first-order valence-corrected chi connectivity index (χ1v) is 13.4. The summed E-state index contributed by atoms with van der Waals surface area (Å²) in [5.41, 5.74) is 5.88. The molecule has 3 aromatic carbocycles. The highest BCUT2D eigenvalue weighted by Crippen LogP contribution is 2.37. The van der Waals surface area contributed by atoms with E-state index in [4.69, 9.17) is 14.2 Å². The molecule has 0 saturated carbocycles. The molecule has 0 saturated heterocycles. The number of hydrogen-bond donors (Lipinski definition) is 2. The monoisotopic (exact) mass is 595 g/mol. The van der Waals surface area contributed by atoms with Crippen LogP contribution < -0.4 is 25.0 Å². The normalized spacial score (nSPS) is 11.8. The van der Waals surface area contributed by atoms with Crippen LogP contribution in [-0.4, -0.2) is 37.8 Å². The lowest BCUT2D eigenvalue weighted by Gasteiger charge is -2.20. The molecule has 0 aliphatic heterocycles. The van der Waals surface area contributed by atoms with E-state index in [1.807, 2.05) is 58.0 Å². The number of nitrogens with zero attached hydrogens (tertiary/aromatic N) is 1. The maximum absolute atomic E-state index is 12.9. The number of halogens is 1. The van der Waals surface area contributed by atoms with Gasteiger partial charge in [-0.1, -0.05) is 43.7 Å². The molecule has 0 aliphatic carbocycles. The van der Waals surface area contributed by atoms with Gasteiger partial charge in [-0.2, -0.15) is 5.10 Å². The average molecular weight is 597 g/mol. The van der Waals surface area contributed by atoms with Crippen LogP contribution in [0.5, 0.6) is 17.2 Å². The molecule has 8 nitrogen and oxygen atoms in total. The van der Waals surface area contributed by atoms with E-state index < -0.39 is 11.9 Å². The highest BCUT2D eigenvalue weighted by Gasteiger charge is 2.24. The molecule has 9 heteroatoms. The van der Waals surface area contributed by atoms with E-state index in [1.54, 1.807) is 37.4 Å². The minimum absolute atomic E-state index is 0.161. The van der Waals surface area contributed by atoms with Crippen LogP contribution in [-0.2, 0) is 11.4 Å². The lowest BCUT2D eigenvalue weighted by Crippen LogP contribution is -2.48. The molecule has 3 rings (SSSR count). The van der Waals surface area contributed by atoms with E-state index in [0.717, 1.165) is 5.56 Å². The summed E-state index contributed by atoms with van der Waals surface area (Å²) >= 11 is 3.57. The van der Waals surface area contributed by atoms with E-state index in [-0.39, 0.29) is 11.8 Å². The van der Waals surface area contributed by atoms with E-state index in [1.165, 1.54) is 11.8 Å². The number of amides is 2. The van der Waals surface area contributed by atoms with Gasteiger partial charge in [0, 0.05) is 5.56 Å². The van der Waals surface area contributed by atoms with Gasteiger partial charge < -0.3 is 19.5 Å². The molecule has 0 bridgehead atoms. The predicted molar refractivity (Wildman–Crippen MR) is 156 cm³/mol. The first-order valence-electron chi connectivity index (χ1n) is 12.6. The molecule has 0 aromatic heterocycles. The number of hydrazone groups is 1. The van der Waals surface area contributed by atoms with Crippen LogP contribution in [0, 0.1) is 12.8 Å². The standard InChI is InChI=1S/C30H34BrN3O5/c1-6-38-26-16-22(15-25(31)28(26)39-18-21-9-7-20(4)8-10-21)17-32-34-30(36)27(19(2)3)33-29(35)23-11-13-24(37-5)14-12-23/h7-17,19,27H,6,18H2,1-5H3,(H,33,35)(H,34,36). The van der Waals surface area contributed by atoms with E-state index in [0.29, 0.717) is 46.1 Å². The molecule has 0 radical (unpaired) electrons. The number of rotatable bonds is 12. The number of carbonyl (C=O) groups is 2. The second-order valence-electron chi connectivity index (χ2n) is 9.20. The second-order valence-corrected chi connectivity index (χ2v) is 10.0. The lowest BCUT2D eigenvalue weighted by atomic mass is 10.0. The number of nitrogens with one attached hydrogen (secondary N) is 2. The van der Waals surface area contributed by atoms with Gasteiger partial charge in [0.2, 0.25) is 0 Å². The van der Waals surface area contributed by atoms with Gasteiger partial charge in [0.15, 0.2) is 11.5 Å². The van der Waals surface area contributed by atoms with E-state index in [2.05, 4.69) is 31.8 Å². The number of aryl methyl sites for hydroxylation is 1. The Balaban J connectivity index is 1.67. The Kier molecular flexibility index (Phi) is 10.9. The minimum atomic E-state index is -0.778. The van der Waals surface area contributed by atoms with Gasteiger partial charge in [-0.05, 0) is 83.2 Å². The van der Waals surface area contributed by atoms with E-state index >= 15 is 0 Å². The maximum atomic E-state index is 12.9. The molecule has 2 amide bonds. The van der Waals surface area contributed by atoms with Crippen molar-refractivity contribution in [2.75, 3.05) is 13.7 Å². The van der Waals surface area contributed by atoms with Crippen molar-refractivity contribution in [1.29, 1.82) is 0 Å². The number of methoxy groups -OCH3 is 1. The zero-order valence-corrected chi connectivity index (χ0v) is 24.4. The Morgan fingerprint density at radius 1 is 1.03 bits per heavy atom. The van der Waals surface area contributed by atoms with Crippen molar-refractivity contribution < 1.29 is 23.8 Å². The molecule has 1 unspecified atom stereocenters. The summed E-state index contributed by atoms with van der Waals surface area (Å²) < 4.78 is 17.7. The summed E-state index contributed by atoms with van der Waals surface area (Å²) in [6.45, 7) is 8.48. The molecule has 2 N–H and O–H groups in total. The SMILES string of the molecule is CCOc1cc(C=NNC(=O)C(NC(=O)c2ccc(OC)cc2)C(C)C)cc(Br)c1OCc1ccc(C)cc1. The third-order valence-corrected chi connectivity index (χ3v) is 6.40. The zero-order chi connectivity index (χ0) is 28.4. The number of hydrogen-bond acceptors (Lipinski definition) is 6. The van der Waals surface area contributed by atoms with Crippen molar-refractivity contribution in [2.24, 2.45) is 11.0 Å². The van der Waals surface area contributed by atoms with E-state index in [9.17, 15) is 9.59 Å². The van der Waals surface area contributed by atoms with Crippen LogP contribution in [0.15, 0.2) is 70.2 Å². The van der Waals surface area contributed by atoms with Crippen molar-refractivity contribution in [3.63, 3.8) is 0 Å².